The lowest BCUT2D eigenvalue weighted by atomic mass is 10.3. The van der Waals surface area contributed by atoms with Gasteiger partial charge in [-0.3, -0.25) is 0 Å². The molecule has 0 aliphatic heterocycles. The molecule has 1 atom stereocenters. The van der Waals surface area contributed by atoms with Gasteiger partial charge in [-0.2, -0.15) is 0 Å². The van der Waals surface area contributed by atoms with E-state index in [-0.39, 0.29) is 11.0 Å². The summed E-state index contributed by atoms with van der Waals surface area (Å²) in [5.74, 6) is 0.679. The highest BCUT2D eigenvalue weighted by atomic mass is 32.2. The summed E-state index contributed by atoms with van der Waals surface area (Å²) in [7, 11) is -2.38. The Morgan fingerprint density at radius 2 is 2.20 bits per heavy atom. The largest absolute Gasteiger partial charge is 0.508 e. The van der Waals surface area contributed by atoms with Gasteiger partial charge in [-0.25, -0.2) is 8.42 Å². The predicted octanol–water partition coefficient (Wildman–Crippen LogP) is 1.16. The number of rotatable bonds is 5. The number of phenols is 1. The summed E-state index contributed by atoms with van der Waals surface area (Å²) < 4.78 is 26.4. The standard InChI is InChI=1S/C10H14O4S/c1-8(15(12)13)5-6-14-10-4-2-3-9(11)7-10/h2-4,7-8,11,15H,5-6H2,1H3. The molecule has 0 aliphatic carbocycles. The van der Waals surface area contributed by atoms with E-state index >= 15 is 0 Å². The zero-order valence-corrected chi connectivity index (χ0v) is 9.31. The second-order valence-corrected chi connectivity index (χ2v) is 4.72. The van der Waals surface area contributed by atoms with E-state index in [1.54, 1.807) is 25.1 Å². The van der Waals surface area contributed by atoms with Crippen molar-refractivity contribution < 1.29 is 18.3 Å². The maximum atomic E-state index is 10.5. The van der Waals surface area contributed by atoms with E-state index in [9.17, 15) is 8.42 Å². The summed E-state index contributed by atoms with van der Waals surface area (Å²) in [6, 6.07) is 6.41. The molecule has 1 unspecified atom stereocenters. The van der Waals surface area contributed by atoms with Crippen LogP contribution in [0.5, 0.6) is 11.5 Å². The van der Waals surface area contributed by atoms with Gasteiger partial charge in [0.05, 0.1) is 11.9 Å². The molecule has 15 heavy (non-hydrogen) atoms. The summed E-state index contributed by atoms with van der Waals surface area (Å²) in [5.41, 5.74) is 0. The first-order valence-corrected chi connectivity index (χ1v) is 5.89. The molecule has 4 nitrogen and oxygen atoms in total. The van der Waals surface area contributed by atoms with Crippen LogP contribution < -0.4 is 4.74 Å². The normalized spacial score (nSPS) is 12.7. The van der Waals surface area contributed by atoms with Crippen molar-refractivity contribution in [2.75, 3.05) is 6.61 Å². The first kappa shape index (κ1) is 11.8. The average Bonchev–Trinajstić information content (AvgIpc) is 2.17. The highest BCUT2D eigenvalue weighted by molar-refractivity contribution is 7.73. The van der Waals surface area contributed by atoms with Crippen molar-refractivity contribution in [3.05, 3.63) is 24.3 Å². The van der Waals surface area contributed by atoms with Gasteiger partial charge in [0.2, 0.25) is 0 Å². The van der Waals surface area contributed by atoms with Crippen molar-refractivity contribution in [2.24, 2.45) is 0 Å². The molecule has 0 bridgehead atoms. The van der Waals surface area contributed by atoms with E-state index in [0.29, 0.717) is 18.8 Å². The maximum absolute atomic E-state index is 10.5. The number of hydrogen-bond donors (Lipinski definition) is 2. The van der Waals surface area contributed by atoms with E-state index in [1.807, 2.05) is 0 Å². The van der Waals surface area contributed by atoms with Gasteiger partial charge < -0.3 is 9.84 Å². The second-order valence-electron chi connectivity index (χ2n) is 3.27. The molecule has 0 saturated heterocycles. The maximum Gasteiger partial charge on any atom is 0.142 e. The van der Waals surface area contributed by atoms with Crippen LogP contribution in [0.1, 0.15) is 13.3 Å². The summed E-state index contributed by atoms with van der Waals surface area (Å²) in [6.45, 7) is 1.96. The number of phenolic OH excluding ortho intramolecular Hbond substituents is 1. The van der Waals surface area contributed by atoms with Gasteiger partial charge in [0, 0.05) is 6.07 Å². The molecular weight excluding hydrogens is 216 g/mol. The van der Waals surface area contributed by atoms with E-state index in [0.717, 1.165) is 0 Å². The van der Waals surface area contributed by atoms with Gasteiger partial charge in [0.15, 0.2) is 0 Å². The van der Waals surface area contributed by atoms with Gasteiger partial charge >= 0.3 is 0 Å². The van der Waals surface area contributed by atoms with Gasteiger partial charge in [-0.1, -0.05) is 6.07 Å². The lowest BCUT2D eigenvalue weighted by molar-refractivity contribution is 0.308. The van der Waals surface area contributed by atoms with Crippen molar-refractivity contribution in [2.45, 2.75) is 18.6 Å². The Bertz CT molecular complexity index is 379. The molecular formula is C10H14O4S. The Kier molecular flexibility index (Phi) is 4.42. The molecule has 0 aliphatic rings. The Labute approximate surface area is 90.5 Å². The predicted molar refractivity (Wildman–Crippen MR) is 58.0 cm³/mol. The van der Waals surface area contributed by atoms with Crippen LogP contribution in [0.15, 0.2) is 24.3 Å². The van der Waals surface area contributed by atoms with Crippen LogP contribution in [0, 0.1) is 0 Å². The highest BCUT2D eigenvalue weighted by Crippen LogP contribution is 2.17. The smallest absolute Gasteiger partial charge is 0.142 e. The van der Waals surface area contributed by atoms with Crippen LogP contribution in [-0.2, 0) is 10.7 Å². The van der Waals surface area contributed by atoms with Gasteiger partial charge in [-0.15, -0.1) is 0 Å². The zero-order chi connectivity index (χ0) is 11.3. The molecule has 0 saturated carbocycles. The summed E-state index contributed by atoms with van der Waals surface area (Å²) >= 11 is 0. The summed E-state index contributed by atoms with van der Waals surface area (Å²) in [4.78, 5) is 0. The van der Waals surface area contributed by atoms with Crippen LogP contribution >= 0.6 is 0 Å². The van der Waals surface area contributed by atoms with Crippen LogP contribution in [0.25, 0.3) is 0 Å². The molecule has 0 fully saturated rings. The quantitative estimate of drug-likeness (QED) is 0.745. The fourth-order valence-corrected chi connectivity index (χ4v) is 1.34. The van der Waals surface area contributed by atoms with Crippen LogP contribution in [-0.4, -0.2) is 25.4 Å². The molecule has 1 N–H and O–H groups in total. The van der Waals surface area contributed by atoms with E-state index in [1.165, 1.54) is 6.07 Å². The zero-order valence-electron chi connectivity index (χ0n) is 8.42. The van der Waals surface area contributed by atoms with Gasteiger partial charge in [0.25, 0.3) is 0 Å². The Morgan fingerprint density at radius 3 is 2.80 bits per heavy atom. The summed E-state index contributed by atoms with van der Waals surface area (Å²) in [6.07, 6.45) is 0.453. The Hall–Kier alpha value is -1.23. The third-order valence-electron chi connectivity index (χ3n) is 1.98. The molecule has 5 heteroatoms. The lowest BCUT2D eigenvalue weighted by Crippen LogP contribution is -2.10. The third kappa shape index (κ3) is 4.20. The Balaban J connectivity index is 2.38. The minimum atomic E-state index is -2.38. The number of aromatic hydroxyl groups is 1. The first-order chi connectivity index (χ1) is 7.09. The van der Waals surface area contributed by atoms with E-state index < -0.39 is 10.7 Å². The van der Waals surface area contributed by atoms with Crippen molar-refractivity contribution in [3.63, 3.8) is 0 Å². The molecule has 0 aromatic heterocycles. The fraction of sp³-hybridized carbons (Fsp3) is 0.400. The number of benzene rings is 1. The van der Waals surface area contributed by atoms with E-state index in [2.05, 4.69) is 0 Å². The van der Waals surface area contributed by atoms with E-state index in [4.69, 9.17) is 9.84 Å². The number of ether oxygens (including phenoxy) is 1. The molecule has 0 radical (unpaired) electrons. The highest BCUT2D eigenvalue weighted by Gasteiger charge is 2.04. The van der Waals surface area contributed by atoms with Crippen LogP contribution in [0.2, 0.25) is 0 Å². The SMILES string of the molecule is CC(CCOc1cccc(O)c1)[SH](=O)=O. The van der Waals surface area contributed by atoms with Crippen LogP contribution in [0.3, 0.4) is 0 Å². The lowest BCUT2D eigenvalue weighted by Gasteiger charge is -2.07. The fourth-order valence-electron chi connectivity index (χ4n) is 1.03. The topological polar surface area (TPSA) is 63.6 Å². The molecule has 0 heterocycles. The third-order valence-corrected chi connectivity index (χ3v) is 2.96. The molecule has 0 spiro atoms. The monoisotopic (exact) mass is 230 g/mol. The second kappa shape index (κ2) is 5.60. The van der Waals surface area contributed by atoms with Crippen molar-refractivity contribution in [3.8, 4) is 11.5 Å². The molecule has 0 amide bonds. The molecule has 84 valence electrons. The minimum Gasteiger partial charge on any atom is -0.508 e. The van der Waals surface area contributed by atoms with Crippen LogP contribution in [0.4, 0.5) is 0 Å². The minimum absolute atomic E-state index is 0.135. The van der Waals surface area contributed by atoms with Crippen molar-refractivity contribution in [1.82, 2.24) is 0 Å². The van der Waals surface area contributed by atoms with Gasteiger partial charge in [-0.05, 0) is 25.5 Å². The first-order valence-electron chi connectivity index (χ1n) is 4.65. The number of thiol groups is 1. The van der Waals surface area contributed by atoms with Crippen molar-refractivity contribution in [1.29, 1.82) is 0 Å². The number of hydrogen-bond acceptors (Lipinski definition) is 4. The Morgan fingerprint density at radius 1 is 1.47 bits per heavy atom. The molecule has 1 aromatic carbocycles. The van der Waals surface area contributed by atoms with Gasteiger partial charge in [0.1, 0.15) is 22.2 Å². The van der Waals surface area contributed by atoms with Crippen molar-refractivity contribution >= 4 is 10.7 Å². The summed E-state index contributed by atoms with van der Waals surface area (Å²) in [5, 5.41) is 8.76. The average molecular weight is 230 g/mol. The molecule has 1 rings (SSSR count). The molecule has 1 aromatic rings.